The van der Waals surface area contributed by atoms with Gasteiger partial charge in [0.05, 0.1) is 0 Å². The molecule has 46 heavy (non-hydrogen) atoms. The Morgan fingerprint density at radius 2 is 0.848 bits per heavy atom. The van der Waals surface area contributed by atoms with E-state index in [0.717, 1.165) is 11.4 Å². The summed E-state index contributed by atoms with van der Waals surface area (Å²) in [4.78, 5) is 0. The highest BCUT2D eigenvalue weighted by molar-refractivity contribution is 7.25. The fourth-order valence-electron chi connectivity index (χ4n) is 6.97. The van der Waals surface area contributed by atoms with E-state index in [-0.39, 0.29) is 0 Å². The van der Waals surface area contributed by atoms with Crippen LogP contribution < -0.4 is 5.32 Å². The van der Waals surface area contributed by atoms with Crippen molar-refractivity contribution in [2.24, 2.45) is 0 Å². The largest absolute Gasteiger partial charge is 0.355 e. The quantitative estimate of drug-likeness (QED) is 0.193. The van der Waals surface area contributed by atoms with Gasteiger partial charge in [-0.15, -0.1) is 11.3 Å². The van der Waals surface area contributed by atoms with Gasteiger partial charge in [-0.25, -0.2) is 0 Å². The third-order valence-corrected chi connectivity index (χ3v) is 10.2. The predicted molar refractivity (Wildman–Crippen MR) is 200 cm³/mol. The van der Waals surface area contributed by atoms with Crippen LogP contribution in [-0.4, -0.2) is 0 Å². The number of fused-ring (bicyclic) bond motifs is 5. The summed E-state index contributed by atoms with van der Waals surface area (Å²) in [6.45, 7) is 0. The van der Waals surface area contributed by atoms with Crippen LogP contribution in [0.3, 0.4) is 0 Å². The van der Waals surface area contributed by atoms with E-state index < -0.39 is 0 Å². The van der Waals surface area contributed by atoms with E-state index in [9.17, 15) is 0 Å². The summed E-state index contributed by atoms with van der Waals surface area (Å²) in [5.74, 6) is 0. The summed E-state index contributed by atoms with van der Waals surface area (Å²) < 4.78 is 2.65. The maximum absolute atomic E-state index is 3.73. The van der Waals surface area contributed by atoms with Crippen LogP contribution in [0.5, 0.6) is 0 Å². The molecule has 0 radical (unpaired) electrons. The minimum absolute atomic E-state index is 1.06. The molecule has 0 spiro atoms. The first-order valence-electron chi connectivity index (χ1n) is 15.7. The van der Waals surface area contributed by atoms with Gasteiger partial charge in [0.1, 0.15) is 0 Å². The van der Waals surface area contributed by atoms with Crippen LogP contribution in [0, 0.1) is 0 Å². The molecule has 1 aromatic heterocycles. The molecule has 0 saturated carbocycles. The van der Waals surface area contributed by atoms with Gasteiger partial charge in [-0.3, -0.25) is 0 Å². The van der Waals surface area contributed by atoms with Gasteiger partial charge >= 0.3 is 0 Å². The van der Waals surface area contributed by atoms with Gasteiger partial charge in [-0.05, 0) is 79.7 Å². The Kier molecular flexibility index (Phi) is 6.40. The Morgan fingerprint density at radius 1 is 0.348 bits per heavy atom. The standard InChI is InChI=1S/C44H29NS/c1-2-12-29(13-3-1)43-36-16-4-6-18-38(36)44(39-19-7-5-17-37(39)43)30-22-25-32(26-23-30)45-40-20-10-8-14-33(40)31-24-27-35-34-15-9-11-21-41(34)46-42(35)28-31/h1-28,45H. The molecule has 2 heteroatoms. The fraction of sp³-hybridized carbons (Fsp3) is 0. The zero-order valence-corrected chi connectivity index (χ0v) is 25.9. The lowest BCUT2D eigenvalue weighted by Gasteiger charge is -2.18. The molecule has 0 atom stereocenters. The summed E-state index contributed by atoms with van der Waals surface area (Å²) in [7, 11) is 0. The smallest absolute Gasteiger partial charge is 0.0463 e. The summed E-state index contributed by atoms with van der Waals surface area (Å²) in [5.41, 5.74) is 9.59. The molecule has 0 aliphatic carbocycles. The predicted octanol–water partition coefficient (Wildman–Crippen LogP) is 13.1. The summed E-state index contributed by atoms with van der Waals surface area (Å²) in [6, 6.07) is 61.4. The molecule has 0 bridgehead atoms. The normalized spacial score (nSPS) is 11.5. The molecule has 0 saturated heterocycles. The van der Waals surface area contributed by atoms with Crippen molar-refractivity contribution in [1.29, 1.82) is 0 Å². The first kappa shape index (κ1) is 26.7. The molecule has 9 aromatic rings. The lowest BCUT2D eigenvalue weighted by atomic mass is 9.86. The van der Waals surface area contributed by atoms with Gasteiger partial charge in [0.25, 0.3) is 0 Å². The van der Waals surface area contributed by atoms with Crippen molar-refractivity contribution in [2.75, 3.05) is 5.32 Å². The zero-order chi connectivity index (χ0) is 30.5. The Hall–Kier alpha value is -5.70. The monoisotopic (exact) mass is 603 g/mol. The molecule has 9 rings (SSSR count). The molecule has 0 aliphatic heterocycles. The molecular weight excluding hydrogens is 575 g/mol. The Bertz CT molecular complexity index is 2480. The second-order valence-corrected chi connectivity index (χ2v) is 12.8. The van der Waals surface area contributed by atoms with Crippen LogP contribution in [0.1, 0.15) is 0 Å². The number of hydrogen-bond donors (Lipinski definition) is 1. The second kappa shape index (κ2) is 11.0. The van der Waals surface area contributed by atoms with Crippen molar-refractivity contribution in [3.8, 4) is 33.4 Å². The molecule has 1 heterocycles. The maximum Gasteiger partial charge on any atom is 0.0463 e. The molecule has 8 aromatic carbocycles. The number of thiophene rings is 1. The van der Waals surface area contributed by atoms with Gasteiger partial charge in [0, 0.05) is 37.1 Å². The van der Waals surface area contributed by atoms with Crippen LogP contribution in [-0.2, 0) is 0 Å². The second-order valence-electron chi connectivity index (χ2n) is 11.8. The number of hydrogen-bond acceptors (Lipinski definition) is 2. The van der Waals surface area contributed by atoms with Gasteiger partial charge < -0.3 is 5.32 Å². The van der Waals surface area contributed by atoms with Gasteiger partial charge in [-0.1, -0.05) is 140 Å². The molecular formula is C44H29NS. The summed E-state index contributed by atoms with van der Waals surface area (Å²) in [6.07, 6.45) is 0. The molecule has 0 aliphatic rings. The van der Waals surface area contributed by atoms with E-state index >= 15 is 0 Å². The number of anilines is 2. The average molecular weight is 604 g/mol. The van der Waals surface area contributed by atoms with E-state index in [2.05, 4.69) is 175 Å². The molecule has 0 unspecified atom stereocenters. The Labute approximate surface area is 272 Å². The van der Waals surface area contributed by atoms with Crippen LogP contribution in [0.2, 0.25) is 0 Å². The molecule has 1 nitrogen and oxygen atoms in total. The lowest BCUT2D eigenvalue weighted by molar-refractivity contribution is 1.54. The number of para-hydroxylation sites is 1. The van der Waals surface area contributed by atoms with Gasteiger partial charge in [0.2, 0.25) is 0 Å². The highest BCUT2D eigenvalue weighted by Crippen LogP contribution is 2.44. The molecule has 0 fully saturated rings. The average Bonchev–Trinajstić information content (AvgIpc) is 3.49. The Morgan fingerprint density at radius 3 is 1.52 bits per heavy atom. The van der Waals surface area contributed by atoms with Crippen molar-refractivity contribution < 1.29 is 0 Å². The highest BCUT2D eigenvalue weighted by atomic mass is 32.1. The van der Waals surface area contributed by atoms with Gasteiger partial charge in [-0.2, -0.15) is 0 Å². The first-order chi connectivity index (χ1) is 22.8. The molecule has 1 N–H and O–H groups in total. The summed E-state index contributed by atoms with van der Waals surface area (Å²) in [5, 5.41) is 11.5. The minimum atomic E-state index is 1.06. The zero-order valence-electron chi connectivity index (χ0n) is 25.1. The van der Waals surface area contributed by atoms with Crippen molar-refractivity contribution in [1.82, 2.24) is 0 Å². The highest BCUT2D eigenvalue weighted by Gasteiger charge is 2.16. The number of nitrogens with one attached hydrogen (secondary N) is 1. The first-order valence-corrected chi connectivity index (χ1v) is 16.5. The van der Waals surface area contributed by atoms with E-state index in [4.69, 9.17) is 0 Å². The number of benzene rings is 8. The van der Waals surface area contributed by atoms with E-state index in [1.54, 1.807) is 0 Å². The molecule has 216 valence electrons. The third-order valence-electron chi connectivity index (χ3n) is 9.06. The topological polar surface area (TPSA) is 12.0 Å². The lowest BCUT2D eigenvalue weighted by Crippen LogP contribution is -1.94. The van der Waals surface area contributed by atoms with Crippen molar-refractivity contribution in [2.45, 2.75) is 0 Å². The van der Waals surface area contributed by atoms with Crippen LogP contribution >= 0.6 is 11.3 Å². The summed E-state index contributed by atoms with van der Waals surface area (Å²) >= 11 is 1.86. The maximum atomic E-state index is 3.73. The van der Waals surface area contributed by atoms with E-state index in [1.807, 2.05) is 11.3 Å². The third kappa shape index (κ3) is 4.46. The van der Waals surface area contributed by atoms with Crippen LogP contribution in [0.25, 0.3) is 75.1 Å². The van der Waals surface area contributed by atoms with Crippen molar-refractivity contribution >= 4 is 64.4 Å². The number of rotatable bonds is 5. The van der Waals surface area contributed by atoms with E-state index in [1.165, 1.54) is 75.1 Å². The molecule has 0 amide bonds. The van der Waals surface area contributed by atoms with E-state index in [0.29, 0.717) is 0 Å². The van der Waals surface area contributed by atoms with Crippen LogP contribution in [0.4, 0.5) is 11.4 Å². The van der Waals surface area contributed by atoms with Crippen molar-refractivity contribution in [3.63, 3.8) is 0 Å². The van der Waals surface area contributed by atoms with Crippen LogP contribution in [0.15, 0.2) is 170 Å². The SMILES string of the molecule is c1ccc(-c2c3ccccc3c(-c3ccc(Nc4ccccc4-c4ccc5c(c4)sc4ccccc45)cc3)c3ccccc23)cc1. The Balaban J connectivity index is 1.11. The minimum Gasteiger partial charge on any atom is -0.355 e. The van der Waals surface area contributed by atoms with Gasteiger partial charge in [0.15, 0.2) is 0 Å². The fourth-order valence-corrected chi connectivity index (χ4v) is 8.11. The van der Waals surface area contributed by atoms with Crippen molar-refractivity contribution in [3.05, 3.63) is 170 Å².